The molecule has 0 radical (unpaired) electrons. The number of anilines is 1. The first-order valence-corrected chi connectivity index (χ1v) is 8.63. The van der Waals surface area contributed by atoms with Gasteiger partial charge in [0.15, 0.2) is 12.7 Å². The predicted molar refractivity (Wildman–Crippen MR) is 94.5 cm³/mol. The number of esters is 1. The second-order valence-electron chi connectivity index (χ2n) is 6.29. The zero-order chi connectivity index (χ0) is 19.4. The quantitative estimate of drug-likeness (QED) is 0.786. The Kier molecular flexibility index (Phi) is 5.69. The van der Waals surface area contributed by atoms with E-state index >= 15 is 0 Å². The Balaban J connectivity index is 1.50. The van der Waals surface area contributed by atoms with Gasteiger partial charge >= 0.3 is 5.97 Å². The molecule has 1 N–H and O–H groups in total. The molecule has 0 heterocycles. The van der Waals surface area contributed by atoms with E-state index in [1.807, 2.05) is 12.1 Å². The second kappa shape index (κ2) is 8.16. The van der Waals surface area contributed by atoms with Crippen LogP contribution in [0, 0.1) is 11.6 Å². The Morgan fingerprint density at radius 1 is 1.11 bits per heavy atom. The van der Waals surface area contributed by atoms with Crippen molar-refractivity contribution >= 4 is 17.6 Å². The standard InChI is InChI=1S/C20H19F2NO4/c1-12(20(25)23-19-16(21)6-3-7-17(19)22)27-18(24)11-26-15-9-8-13-4-2-5-14(13)10-15/h3,6-10,12H,2,4-5,11H2,1H3,(H,23,25). The number of amides is 1. The van der Waals surface area contributed by atoms with E-state index in [-0.39, 0.29) is 6.61 Å². The molecule has 0 spiro atoms. The summed E-state index contributed by atoms with van der Waals surface area (Å²) in [6.07, 6.45) is 1.91. The van der Waals surface area contributed by atoms with E-state index in [0.717, 1.165) is 31.4 Å². The number of benzene rings is 2. The van der Waals surface area contributed by atoms with E-state index < -0.39 is 35.3 Å². The summed E-state index contributed by atoms with van der Waals surface area (Å²) in [5.74, 6) is -2.88. The summed E-state index contributed by atoms with van der Waals surface area (Å²) in [7, 11) is 0. The molecule has 1 atom stereocenters. The van der Waals surface area contributed by atoms with Crippen molar-refractivity contribution in [2.24, 2.45) is 0 Å². The topological polar surface area (TPSA) is 64.6 Å². The number of carbonyl (C=O) groups excluding carboxylic acids is 2. The van der Waals surface area contributed by atoms with Gasteiger partial charge in [0.2, 0.25) is 0 Å². The summed E-state index contributed by atoms with van der Waals surface area (Å²) in [4.78, 5) is 23.9. The third kappa shape index (κ3) is 4.61. The number of para-hydroxylation sites is 1. The van der Waals surface area contributed by atoms with Gasteiger partial charge in [-0.15, -0.1) is 0 Å². The second-order valence-corrected chi connectivity index (χ2v) is 6.29. The molecule has 1 aliphatic rings. The van der Waals surface area contributed by atoms with Crippen LogP contribution in [0.15, 0.2) is 36.4 Å². The average Bonchev–Trinajstić information content (AvgIpc) is 3.10. The Morgan fingerprint density at radius 2 is 1.81 bits per heavy atom. The van der Waals surface area contributed by atoms with Crippen LogP contribution in [0.4, 0.5) is 14.5 Å². The van der Waals surface area contributed by atoms with Crippen LogP contribution in [0.1, 0.15) is 24.5 Å². The number of ether oxygens (including phenoxy) is 2. The molecule has 2 aromatic rings. The number of rotatable bonds is 6. The van der Waals surface area contributed by atoms with Gasteiger partial charge in [0, 0.05) is 0 Å². The van der Waals surface area contributed by atoms with Crippen molar-refractivity contribution in [2.75, 3.05) is 11.9 Å². The molecule has 1 unspecified atom stereocenters. The van der Waals surface area contributed by atoms with E-state index in [0.29, 0.717) is 5.75 Å². The molecule has 27 heavy (non-hydrogen) atoms. The smallest absolute Gasteiger partial charge is 0.344 e. The zero-order valence-corrected chi connectivity index (χ0v) is 14.8. The van der Waals surface area contributed by atoms with Crippen molar-refractivity contribution in [3.8, 4) is 5.75 Å². The Labute approximate surface area is 155 Å². The highest BCUT2D eigenvalue weighted by Crippen LogP contribution is 2.26. The minimum absolute atomic E-state index is 0.371. The number of halogens is 2. The average molecular weight is 375 g/mol. The lowest BCUT2D eigenvalue weighted by Gasteiger charge is -2.14. The minimum Gasteiger partial charge on any atom is -0.482 e. The summed E-state index contributed by atoms with van der Waals surface area (Å²) >= 11 is 0. The normalized spacial score (nSPS) is 13.6. The summed E-state index contributed by atoms with van der Waals surface area (Å²) in [6.45, 7) is 0.936. The van der Waals surface area contributed by atoms with Crippen LogP contribution in [0.3, 0.4) is 0 Å². The van der Waals surface area contributed by atoms with E-state index in [9.17, 15) is 18.4 Å². The first kappa shape index (κ1) is 18.8. The molecule has 0 aromatic heterocycles. The number of aryl methyl sites for hydroxylation is 2. The van der Waals surface area contributed by atoms with E-state index in [1.165, 1.54) is 24.1 Å². The maximum absolute atomic E-state index is 13.6. The number of fused-ring (bicyclic) bond motifs is 1. The highest BCUT2D eigenvalue weighted by atomic mass is 19.1. The van der Waals surface area contributed by atoms with Gasteiger partial charge in [0.05, 0.1) is 0 Å². The number of nitrogens with one attached hydrogen (secondary N) is 1. The lowest BCUT2D eigenvalue weighted by atomic mass is 10.1. The molecule has 0 saturated heterocycles. The van der Waals surface area contributed by atoms with E-state index in [2.05, 4.69) is 5.32 Å². The van der Waals surface area contributed by atoms with Crippen LogP contribution >= 0.6 is 0 Å². The molecular formula is C20H19F2NO4. The van der Waals surface area contributed by atoms with Crippen molar-refractivity contribution in [1.29, 1.82) is 0 Å². The van der Waals surface area contributed by atoms with Crippen LogP contribution in [-0.2, 0) is 27.2 Å². The molecule has 142 valence electrons. The fourth-order valence-corrected chi connectivity index (χ4v) is 2.91. The van der Waals surface area contributed by atoms with Gasteiger partial charge in [-0.2, -0.15) is 0 Å². The molecule has 0 fully saturated rings. The number of carbonyl (C=O) groups is 2. The van der Waals surface area contributed by atoms with Gasteiger partial charge in [0.1, 0.15) is 23.1 Å². The van der Waals surface area contributed by atoms with Crippen molar-refractivity contribution < 1.29 is 27.8 Å². The SMILES string of the molecule is CC(OC(=O)COc1ccc2c(c1)CCC2)C(=O)Nc1c(F)cccc1F. The van der Waals surface area contributed by atoms with Gasteiger partial charge in [-0.25, -0.2) is 13.6 Å². The first-order valence-electron chi connectivity index (χ1n) is 8.63. The molecule has 0 saturated carbocycles. The summed E-state index contributed by atoms with van der Waals surface area (Å²) in [6, 6.07) is 8.86. The maximum atomic E-state index is 13.6. The molecule has 7 heteroatoms. The fraction of sp³-hybridized carbons (Fsp3) is 0.300. The molecule has 3 rings (SSSR count). The lowest BCUT2D eigenvalue weighted by molar-refractivity contribution is -0.155. The first-order chi connectivity index (χ1) is 12.9. The van der Waals surface area contributed by atoms with Crippen molar-refractivity contribution in [1.82, 2.24) is 0 Å². The number of hydrogen-bond donors (Lipinski definition) is 1. The van der Waals surface area contributed by atoms with Crippen LogP contribution in [0.5, 0.6) is 5.75 Å². The monoisotopic (exact) mass is 375 g/mol. The molecule has 0 aliphatic heterocycles. The zero-order valence-electron chi connectivity index (χ0n) is 14.8. The van der Waals surface area contributed by atoms with Crippen LogP contribution in [0.25, 0.3) is 0 Å². The highest BCUT2D eigenvalue weighted by Gasteiger charge is 2.21. The largest absolute Gasteiger partial charge is 0.482 e. The van der Waals surface area contributed by atoms with Crippen molar-refractivity contribution in [3.05, 3.63) is 59.2 Å². The molecule has 5 nitrogen and oxygen atoms in total. The van der Waals surface area contributed by atoms with Crippen molar-refractivity contribution in [3.63, 3.8) is 0 Å². The van der Waals surface area contributed by atoms with Gasteiger partial charge in [-0.05, 0) is 61.6 Å². The Bertz CT molecular complexity index is 849. The van der Waals surface area contributed by atoms with Gasteiger partial charge in [-0.1, -0.05) is 12.1 Å². The summed E-state index contributed by atoms with van der Waals surface area (Å²) < 4.78 is 37.5. The highest BCUT2D eigenvalue weighted by molar-refractivity contribution is 5.95. The van der Waals surface area contributed by atoms with Crippen LogP contribution in [-0.4, -0.2) is 24.6 Å². The Hall–Kier alpha value is -2.96. The van der Waals surface area contributed by atoms with E-state index in [1.54, 1.807) is 6.07 Å². The molecule has 1 aliphatic carbocycles. The van der Waals surface area contributed by atoms with Gasteiger partial charge < -0.3 is 14.8 Å². The van der Waals surface area contributed by atoms with E-state index in [4.69, 9.17) is 9.47 Å². The third-order valence-corrected chi connectivity index (χ3v) is 4.32. The summed E-state index contributed by atoms with van der Waals surface area (Å²) in [5.41, 5.74) is 1.91. The fourth-order valence-electron chi connectivity index (χ4n) is 2.91. The van der Waals surface area contributed by atoms with Crippen molar-refractivity contribution in [2.45, 2.75) is 32.3 Å². The lowest BCUT2D eigenvalue weighted by Crippen LogP contribution is -2.32. The molecule has 1 amide bonds. The maximum Gasteiger partial charge on any atom is 0.344 e. The van der Waals surface area contributed by atoms with Gasteiger partial charge in [0.25, 0.3) is 5.91 Å². The van der Waals surface area contributed by atoms with Gasteiger partial charge in [-0.3, -0.25) is 4.79 Å². The minimum atomic E-state index is -1.24. The third-order valence-electron chi connectivity index (χ3n) is 4.32. The summed E-state index contributed by atoms with van der Waals surface area (Å²) in [5, 5.41) is 2.08. The Morgan fingerprint density at radius 3 is 2.56 bits per heavy atom. The molecular weight excluding hydrogens is 356 g/mol. The molecule has 2 aromatic carbocycles. The van der Waals surface area contributed by atoms with Crippen LogP contribution < -0.4 is 10.1 Å². The van der Waals surface area contributed by atoms with Crippen LogP contribution in [0.2, 0.25) is 0 Å². The predicted octanol–water partition coefficient (Wildman–Crippen LogP) is 3.40. The number of hydrogen-bond acceptors (Lipinski definition) is 4. The molecule has 0 bridgehead atoms.